The summed E-state index contributed by atoms with van der Waals surface area (Å²) in [7, 11) is 3.06. The lowest BCUT2D eigenvalue weighted by atomic mass is 9.86. The minimum Gasteiger partial charge on any atom is -0.504 e. The largest absolute Gasteiger partial charge is 0.504 e. The van der Waals surface area contributed by atoms with Crippen molar-refractivity contribution in [2.45, 2.75) is 33.1 Å². The summed E-state index contributed by atoms with van der Waals surface area (Å²) < 4.78 is 6.31. The van der Waals surface area contributed by atoms with E-state index >= 15 is 0 Å². The Morgan fingerprint density at radius 3 is 2.43 bits per heavy atom. The molecule has 0 aliphatic carbocycles. The van der Waals surface area contributed by atoms with Crippen LogP contribution in [0.1, 0.15) is 49.3 Å². The van der Waals surface area contributed by atoms with E-state index in [9.17, 15) is 9.90 Å². The van der Waals surface area contributed by atoms with Crippen LogP contribution in [0.2, 0.25) is 5.02 Å². The number of hydrazone groups is 1. The van der Waals surface area contributed by atoms with Crippen LogP contribution in [0.15, 0.2) is 47.6 Å². The molecule has 10 heteroatoms. The Labute approximate surface area is 214 Å². The predicted octanol–water partition coefficient (Wildman–Crippen LogP) is 5.24. The molecule has 2 aromatic carbocycles. The molecule has 3 N–H and O–H groups in total. The van der Waals surface area contributed by atoms with Crippen molar-refractivity contribution in [2.24, 2.45) is 12.1 Å². The molecular weight excluding hydrogens is 486 g/mol. The molecule has 0 amide bonds. The van der Waals surface area contributed by atoms with Crippen LogP contribution in [-0.2, 0) is 17.2 Å². The number of hydrogen-bond acceptors (Lipinski definition) is 6. The van der Waals surface area contributed by atoms with Crippen LogP contribution in [-0.4, -0.2) is 38.8 Å². The fourth-order valence-electron chi connectivity index (χ4n) is 3.42. The number of halogens is 1. The molecule has 0 radical (unpaired) electrons. The summed E-state index contributed by atoms with van der Waals surface area (Å²) in [6, 6.07) is 12.8. The highest BCUT2D eigenvalue weighted by molar-refractivity contribution is 7.80. The molecule has 0 saturated carbocycles. The number of methoxy groups -OCH3 is 1. The Balaban J connectivity index is 1.74. The quantitative estimate of drug-likeness (QED) is 0.185. The van der Waals surface area contributed by atoms with Gasteiger partial charge in [-0.2, -0.15) is 10.2 Å². The number of carbonyl (C=O) groups excluding carboxylic acids is 1. The highest BCUT2D eigenvalue weighted by Crippen LogP contribution is 2.33. The fourth-order valence-corrected chi connectivity index (χ4v) is 3.84. The van der Waals surface area contributed by atoms with E-state index in [1.54, 1.807) is 30.8 Å². The smallest absolute Gasteiger partial charge is 0.339 e. The van der Waals surface area contributed by atoms with Crippen molar-refractivity contribution in [1.82, 2.24) is 15.2 Å². The van der Waals surface area contributed by atoms with Crippen molar-refractivity contribution in [3.8, 4) is 17.0 Å². The van der Waals surface area contributed by atoms with Gasteiger partial charge in [0.2, 0.25) is 0 Å². The summed E-state index contributed by atoms with van der Waals surface area (Å²) in [5.74, 6) is -0.495. The third kappa shape index (κ3) is 5.98. The average molecular weight is 514 g/mol. The van der Waals surface area contributed by atoms with Crippen molar-refractivity contribution in [1.29, 1.82) is 0 Å². The van der Waals surface area contributed by atoms with Crippen molar-refractivity contribution < 1.29 is 14.6 Å². The van der Waals surface area contributed by atoms with Gasteiger partial charge in [0, 0.05) is 18.3 Å². The highest BCUT2D eigenvalue weighted by atomic mass is 35.5. The maximum absolute atomic E-state index is 11.7. The fraction of sp³-hybridized carbons (Fsp3) is 0.280. The molecule has 3 rings (SSSR count). The van der Waals surface area contributed by atoms with Crippen LogP contribution in [0.4, 0.5) is 5.69 Å². The Bertz CT molecular complexity index is 1290. The van der Waals surface area contributed by atoms with Crippen molar-refractivity contribution in [3.05, 3.63) is 64.3 Å². The lowest BCUT2D eigenvalue weighted by Crippen LogP contribution is -2.25. The van der Waals surface area contributed by atoms with Crippen LogP contribution < -0.4 is 10.7 Å². The summed E-state index contributed by atoms with van der Waals surface area (Å²) in [5.41, 5.74) is 7.01. The summed E-state index contributed by atoms with van der Waals surface area (Å²) >= 11 is 11.4. The van der Waals surface area contributed by atoms with E-state index in [1.165, 1.54) is 18.7 Å². The number of esters is 1. The molecule has 0 atom stereocenters. The van der Waals surface area contributed by atoms with Gasteiger partial charge in [0.05, 0.1) is 23.4 Å². The standard InChI is InChI=1S/C25H28ClN5O3S/c1-14(28-29-24(35)27-17-11-12-18(19(26)13-17)23(33)34-6)20-22(32)21(31(5)30-20)15-7-9-16(10-8-15)25(2,3)4/h7-13,32H,1-6H3,(H2,27,29,35)/b28-14-. The maximum Gasteiger partial charge on any atom is 0.339 e. The topological polar surface area (TPSA) is 101 Å². The molecule has 0 fully saturated rings. The second-order valence-corrected chi connectivity index (χ2v) is 9.76. The van der Waals surface area contributed by atoms with E-state index in [2.05, 4.69) is 58.6 Å². The molecule has 0 bridgehead atoms. The Morgan fingerprint density at radius 2 is 1.86 bits per heavy atom. The van der Waals surface area contributed by atoms with E-state index in [0.717, 1.165) is 5.56 Å². The van der Waals surface area contributed by atoms with Crippen molar-refractivity contribution in [2.75, 3.05) is 12.4 Å². The van der Waals surface area contributed by atoms with Crippen molar-refractivity contribution in [3.63, 3.8) is 0 Å². The second-order valence-electron chi connectivity index (χ2n) is 8.95. The number of thiocarbonyl (C=S) groups is 1. The number of hydrogen-bond donors (Lipinski definition) is 3. The van der Waals surface area contributed by atoms with Crippen molar-refractivity contribution >= 4 is 46.3 Å². The number of rotatable bonds is 5. The minimum absolute atomic E-state index is 0.0307. The first-order valence-electron chi connectivity index (χ1n) is 10.8. The number of aryl methyl sites for hydroxylation is 1. The van der Waals surface area contributed by atoms with Gasteiger partial charge < -0.3 is 15.2 Å². The van der Waals surface area contributed by atoms with E-state index < -0.39 is 5.97 Å². The number of anilines is 1. The molecule has 184 valence electrons. The van der Waals surface area contributed by atoms with Crippen LogP contribution in [0.5, 0.6) is 5.75 Å². The minimum atomic E-state index is -0.526. The molecule has 0 unspecified atom stereocenters. The van der Waals surface area contributed by atoms with Crippen LogP contribution in [0.3, 0.4) is 0 Å². The molecule has 1 heterocycles. The van der Waals surface area contributed by atoms with Gasteiger partial charge in [0.15, 0.2) is 16.6 Å². The number of carbonyl (C=O) groups is 1. The SMILES string of the molecule is COC(=O)c1ccc(NC(=S)N/N=C(/C)c2nn(C)c(-c3ccc(C(C)(C)C)cc3)c2O)cc1Cl. The van der Waals surface area contributed by atoms with Gasteiger partial charge in [0.25, 0.3) is 0 Å². The van der Waals surface area contributed by atoms with Crippen LogP contribution >= 0.6 is 23.8 Å². The summed E-state index contributed by atoms with van der Waals surface area (Å²) in [4.78, 5) is 11.7. The first-order valence-corrected chi connectivity index (χ1v) is 11.6. The summed E-state index contributed by atoms with van der Waals surface area (Å²) in [6.07, 6.45) is 0. The molecule has 35 heavy (non-hydrogen) atoms. The first kappa shape index (κ1) is 26.2. The molecular formula is C25H28ClN5O3S. The van der Waals surface area contributed by atoms with Gasteiger partial charge in [0.1, 0.15) is 5.69 Å². The lowest BCUT2D eigenvalue weighted by molar-refractivity contribution is 0.0601. The normalized spacial score (nSPS) is 11.8. The number of benzene rings is 2. The zero-order chi connectivity index (χ0) is 25.9. The van der Waals surface area contributed by atoms with Crippen LogP contribution in [0, 0.1) is 0 Å². The zero-order valence-corrected chi connectivity index (χ0v) is 22.0. The first-order chi connectivity index (χ1) is 16.4. The van der Waals surface area contributed by atoms with Gasteiger partial charge in [-0.3, -0.25) is 10.1 Å². The molecule has 0 aliphatic rings. The Hall–Kier alpha value is -3.43. The molecule has 8 nitrogen and oxygen atoms in total. The second kappa shape index (κ2) is 10.5. The van der Waals surface area contributed by atoms with E-state index in [-0.39, 0.29) is 26.9 Å². The summed E-state index contributed by atoms with van der Waals surface area (Å²) in [6.45, 7) is 8.17. The third-order valence-corrected chi connectivity index (χ3v) is 5.85. The lowest BCUT2D eigenvalue weighted by Gasteiger charge is -2.19. The third-order valence-electron chi connectivity index (χ3n) is 5.35. The van der Waals surface area contributed by atoms with Gasteiger partial charge in [-0.15, -0.1) is 0 Å². The maximum atomic E-state index is 11.7. The molecule has 1 aromatic heterocycles. The molecule has 0 spiro atoms. The van der Waals surface area contributed by atoms with Gasteiger partial charge in [-0.05, 0) is 48.3 Å². The Morgan fingerprint density at radius 1 is 1.20 bits per heavy atom. The van der Waals surface area contributed by atoms with E-state index in [4.69, 9.17) is 23.8 Å². The molecule has 0 aliphatic heterocycles. The Kier molecular flexibility index (Phi) is 7.82. The van der Waals surface area contributed by atoms with Gasteiger partial charge in [-0.25, -0.2) is 4.79 Å². The molecule has 0 saturated heterocycles. The predicted molar refractivity (Wildman–Crippen MR) is 143 cm³/mol. The number of aromatic nitrogens is 2. The monoisotopic (exact) mass is 513 g/mol. The van der Waals surface area contributed by atoms with Crippen LogP contribution in [0.25, 0.3) is 11.3 Å². The van der Waals surface area contributed by atoms with Gasteiger partial charge >= 0.3 is 5.97 Å². The number of ether oxygens (including phenoxy) is 1. The zero-order valence-electron chi connectivity index (χ0n) is 20.4. The van der Waals surface area contributed by atoms with Gasteiger partial charge in [-0.1, -0.05) is 56.6 Å². The molecule has 3 aromatic rings. The number of aromatic hydroxyl groups is 1. The number of nitrogens with zero attached hydrogens (tertiary/aromatic N) is 3. The van der Waals surface area contributed by atoms with E-state index in [0.29, 0.717) is 22.8 Å². The average Bonchev–Trinajstić information content (AvgIpc) is 3.10. The number of nitrogens with one attached hydrogen (secondary N) is 2. The van der Waals surface area contributed by atoms with E-state index in [1.807, 2.05) is 12.1 Å². The highest BCUT2D eigenvalue weighted by Gasteiger charge is 2.20. The summed E-state index contributed by atoms with van der Waals surface area (Å²) in [5, 5.41) is 22.9.